The molecule has 0 saturated carbocycles. The average molecular weight is 436 g/mol. The van der Waals surface area contributed by atoms with Crippen LogP contribution in [0.25, 0.3) is 0 Å². The Labute approximate surface area is 165 Å². The molecular weight excluding hydrogens is 416 g/mol. The Morgan fingerprint density at radius 2 is 1.79 bits per heavy atom. The van der Waals surface area contributed by atoms with Gasteiger partial charge in [0.25, 0.3) is 20.2 Å². The molecule has 0 bridgehead atoms. The second-order valence-corrected chi connectivity index (χ2v) is 7.15. The summed E-state index contributed by atoms with van der Waals surface area (Å²) in [6.07, 6.45) is 0.153. The van der Waals surface area contributed by atoms with E-state index in [0.29, 0.717) is 13.0 Å². The van der Waals surface area contributed by atoms with Gasteiger partial charge in [0.1, 0.15) is 19.0 Å². The molecule has 2 N–H and O–H groups in total. The number of rotatable bonds is 13. The highest BCUT2D eigenvalue weighted by Gasteiger charge is 2.19. The fraction of sp³-hybridized carbons (Fsp3) is 0.500. The van der Waals surface area contributed by atoms with Crippen molar-refractivity contribution in [1.29, 1.82) is 0 Å². The van der Waals surface area contributed by atoms with Gasteiger partial charge < -0.3 is 19.7 Å². The van der Waals surface area contributed by atoms with Crippen molar-refractivity contribution >= 4 is 16.1 Å². The number of sulfonamides is 1. The number of ether oxygens (including phenoxy) is 1. The van der Waals surface area contributed by atoms with E-state index in [9.17, 15) is 33.4 Å². The Morgan fingerprint density at radius 1 is 1.14 bits per heavy atom. The molecule has 14 nitrogen and oxygen atoms in total. The maximum Gasteiger partial charge on any atom is 0.328 e. The zero-order valence-electron chi connectivity index (χ0n) is 15.3. The molecule has 0 spiro atoms. The monoisotopic (exact) mass is 436 g/mol. The summed E-state index contributed by atoms with van der Waals surface area (Å²) in [5.41, 5.74) is 0. The van der Waals surface area contributed by atoms with Crippen molar-refractivity contribution in [2.24, 2.45) is 0 Å². The number of benzene rings is 1. The smallest absolute Gasteiger partial charge is 0.328 e. The summed E-state index contributed by atoms with van der Waals surface area (Å²) < 4.78 is 31.3. The van der Waals surface area contributed by atoms with Crippen LogP contribution in [0, 0.1) is 20.2 Å². The van der Waals surface area contributed by atoms with Gasteiger partial charge in [-0.05, 0) is 30.7 Å². The van der Waals surface area contributed by atoms with Crippen LogP contribution in [0.1, 0.15) is 19.8 Å². The quantitative estimate of drug-likeness (QED) is 0.252. The summed E-state index contributed by atoms with van der Waals surface area (Å²) in [6.45, 7) is 1.04. The third kappa shape index (κ3) is 9.41. The van der Waals surface area contributed by atoms with Gasteiger partial charge in [0.15, 0.2) is 6.10 Å². The third-order valence-corrected chi connectivity index (χ3v) is 4.56. The van der Waals surface area contributed by atoms with E-state index in [4.69, 9.17) is 4.74 Å². The molecule has 0 heterocycles. The predicted molar refractivity (Wildman–Crippen MR) is 95.4 cm³/mol. The van der Waals surface area contributed by atoms with E-state index in [1.807, 2.05) is 11.6 Å². The summed E-state index contributed by atoms with van der Waals surface area (Å²) in [7, 11) is -4.11. The van der Waals surface area contributed by atoms with E-state index in [2.05, 4.69) is 15.0 Å². The Kier molecular flexibility index (Phi) is 9.37. The Morgan fingerprint density at radius 3 is 2.34 bits per heavy atom. The van der Waals surface area contributed by atoms with Crippen molar-refractivity contribution in [3.8, 4) is 5.75 Å². The lowest BCUT2D eigenvalue weighted by atomic mass is 10.3. The Hall–Kier alpha value is -3.36. The molecule has 0 aliphatic rings. The number of urea groups is 1. The van der Waals surface area contributed by atoms with Gasteiger partial charge in [0, 0.05) is 6.54 Å². The lowest BCUT2D eigenvalue weighted by Gasteiger charge is -2.15. The largest absolute Gasteiger partial charge is 0.491 e. The molecular formula is C14H20N4O10S. The SMILES string of the molecule is CCCCNC(=O)NS(=O)(=O)c1ccc(OCC(CO[N+](=O)[O-])O[N+](=O)[O-])cc1. The molecule has 0 aliphatic heterocycles. The standard InChI is InChI=1S/C14H20N4O10S/c1-2-3-8-15-14(19)16-29(24,25)13-6-4-11(5-7-13)26-9-12(28-18(22)23)10-27-17(20)21/h4-7,12H,2-3,8-10H2,1H3,(H2,15,16,19). The molecule has 2 amide bonds. The highest BCUT2D eigenvalue weighted by Crippen LogP contribution is 2.16. The van der Waals surface area contributed by atoms with Crippen LogP contribution in [-0.2, 0) is 19.7 Å². The summed E-state index contributed by atoms with van der Waals surface area (Å²) >= 11 is 0. The molecule has 0 radical (unpaired) electrons. The number of hydrogen-bond acceptors (Lipinski definition) is 10. The van der Waals surface area contributed by atoms with Gasteiger partial charge in [-0.3, -0.25) is 0 Å². The van der Waals surface area contributed by atoms with Gasteiger partial charge in [-0.15, -0.1) is 20.2 Å². The molecule has 0 fully saturated rings. The van der Waals surface area contributed by atoms with Gasteiger partial charge in [0.2, 0.25) is 0 Å². The van der Waals surface area contributed by atoms with Crippen LogP contribution >= 0.6 is 0 Å². The first-order chi connectivity index (χ1) is 13.6. The number of amides is 2. The molecule has 162 valence electrons. The van der Waals surface area contributed by atoms with E-state index in [1.54, 1.807) is 0 Å². The number of nitrogens with one attached hydrogen (secondary N) is 2. The van der Waals surface area contributed by atoms with Gasteiger partial charge in [0.05, 0.1) is 4.90 Å². The van der Waals surface area contributed by atoms with Crippen LogP contribution < -0.4 is 14.8 Å². The fourth-order valence-electron chi connectivity index (χ4n) is 1.87. The molecule has 0 saturated heterocycles. The lowest BCUT2D eigenvalue weighted by Crippen LogP contribution is -2.39. The van der Waals surface area contributed by atoms with Crippen LogP contribution in [0.3, 0.4) is 0 Å². The van der Waals surface area contributed by atoms with Crippen molar-refractivity contribution < 1.29 is 37.8 Å². The molecule has 15 heteroatoms. The molecule has 1 unspecified atom stereocenters. The minimum atomic E-state index is -4.11. The number of carbonyl (C=O) groups is 1. The fourth-order valence-corrected chi connectivity index (χ4v) is 2.80. The van der Waals surface area contributed by atoms with Crippen LogP contribution in [0.4, 0.5) is 4.79 Å². The molecule has 1 atom stereocenters. The van der Waals surface area contributed by atoms with E-state index in [-0.39, 0.29) is 10.6 Å². The molecule has 1 rings (SSSR count). The number of carbonyl (C=O) groups excluding carboxylic acids is 1. The lowest BCUT2D eigenvalue weighted by molar-refractivity contribution is -0.790. The van der Waals surface area contributed by atoms with Crippen LogP contribution in [0.5, 0.6) is 5.75 Å². The average Bonchev–Trinajstić information content (AvgIpc) is 2.63. The number of unbranched alkanes of at least 4 members (excludes halogenated alkanes) is 1. The second kappa shape index (κ2) is 11.5. The first kappa shape index (κ1) is 23.7. The van der Waals surface area contributed by atoms with E-state index >= 15 is 0 Å². The van der Waals surface area contributed by atoms with E-state index < -0.39 is 45.5 Å². The normalized spacial score (nSPS) is 11.8. The van der Waals surface area contributed by atoms with Crippen molar-refractivity contribution in [3.63, 3.8) is 0 Å². The summed E-state index contributed by atoms with van der Waals surface area (Å²) in [5.74, 6) is 0.106. The van der Waals surface area contributed by atoms with Gasteiger partial charge in [-0.1, -0.05) is 13.3 Å². The zero-order valence-corrected chi connectivity index (χ0v) is 16.1. The maximum absolute atomic E-state index is 12.1. The summed E-state index contributed by atoms with van der Waals surface area (Å²) in [6, 6.07) is 3.91. The third-order valence-electron chi connectivity index (χ3n) is 3.21. The summed E-state index contributed by atoms with van der Waals surface area (Å²) in [4.78, 5) is 40.2. The minimum Gasteiger partial charge on any atom is -0.491 e. The van der Waals surface area contributed by atoms with Crippen molar-refractivity contribution in [3.05, 3.63) is 44.5 Å². The Bertz CT molecular complexity index is 799. The molecule has 0 aliphatic carbocycles. The van der Waals surface area contributed by atoms with Crippen molar-refractivity contribution in [1.82, 2.24) is 10.0 Å². The molecule has 1 aromatic rings. The highest BCUT2D eigenvalue weighted by molar-refractivity contribution is 7.90. The summed E-state index contributed by atoms with van der Waals surface area (Å²) in [5, 5.41) is 20.7. The number of nitrogens with zero attached hydrogens (tertiary/aromatic N) is 2. The predicted octanol–water partition coefficient (Wildman–Crippen LogP) is 0.639. The van der Waals surface area contributed by atoms with Gasteiger partial charge in [-0.25, -0.2) is 17.9 Å². The highest BCUT2D eigenvalue weighted by atomic mass is 32.2. The topological polar surface area (TPSA) is 189 Å². The Balaban J connectivity index is 2.65. The molecule has 1 aromatic carbocycles. The first-order valence-electron chi connectivity index (χ1n) is 8.26. The maximum atomic E-state index is 12.1. The second-order valence-electron chi connectivity index (χ2n) is 5.47. The zero-order chi connectivity index (χ0) is 21.9. The first-order valence-corrected chi connectivity index (χ1v) is 9.74. The minimum absolute atomic E-state index is 0.106. The van der Waals surface area contributed by atoms with E-state index in [0.717, 1.165) is 18.6 Å². The van der Waals surface area contributed by atoms with Crippen molar-refractivity contribution in [2.45, 2.75) is 30.8 Å². The van der Waals surface area contributed by atoms with Crippen LogP contribution in [0.15, 0.2) is 29.2 Å². The molecule has 29 heavy (non-hydrogen) atoms. The van der Waals surface area contributed by atoms with Gasteiger partial charge >= 0.3 is 6.03 Å². The van der Waals surface area contributed by atoms with Crippen molar-refractivity contribution in [2.75, 3.05) is 19.8 Å². The van der Waals surface area contributed by atoms with Gasteiger partial charge in [-0.2, -0.15) is 0 Å². The molecule has 0 aromatic heterocycles. The number of hydrogen-bond donors (Lipinski definition) is 2. The van der Waals surface area contributed by atoms with Crippen LogP contribution in [-0.4, -0.2) is 50.5 Å². The van der Waals surface area contributed by atoms with E-state index in [1.165, 1.54) is 12.1 Å². The van der Waals surface area contributed by atoms with Crippen LogP contribution in [0.2, 0.25) is 0 Å².